The SMILES string of the molecule is O=CNC(CC(=O)O)c1cccc(C(F)(F)F)c1.c1cc2c(nc1CCCN1CCCCC1)NCCC2. The first-order valence-corrected chi connectivity index (χ1v) is 12.8. The lowest BCUT2D eigenvalue weighted by molar-refractivity contribution is -0.138. The highest BCUT2D eigenvalue weighted by molar-refractivity contribution is 5.68. The molecule has 202 valence electrons. The molecule has 2 aliphatic rings. The zero-order chi connectivity index (χ0) is 26.7. The van der Waals surface area contributed by atoms with E-state index in [0.29, 0.717) is 0 Å². The van der Waals surface area contributed by atoms with Gasteiger partial charge in [-0.05, 0) is 87.5 Å². The Hall–Kier alpha value is -3.14. The van der Waals surface area contributed by atoms with E-state index in [1.807, 2.05) is 0 Å². The minimum absolute atomic E-state index is 0.0966. The maximum Gasteiger partial charge on any atom is 0.416 e. The van der Waals surface area contributed by atoms with Crippen LogP contribution in [0.1, 0.15) is 67.0 Å². The summed E-state index contributed by atoms with van der Waals surface area (Å²) in [4.78, 5) is 28.3. The average Bonchev–Trinajstić information content (AvgIpc) is 2.89. The molecule has 37 heavy (non-hydrogen) atoms. The van der Waals surface area contributed by atoms with Gasteiger partial charge >= 0.3 is 12.1 Å². The normalized spacial score (nSPS) is 16.4. The molecule has 0 bridgehead atoms. The number of likely N-dealkylation sites (tertiary alicyclic amines) is 1. The number of hydrogen-bond acceptors (Lipinski definition) is 5. The Morgan fingerprint density at radius 2 is 1.95 bits per heavy atom. The molecule has 2 aromatic rings. The van der Waals surface area contributed by atoms with Crippen LogP contribution in [-0.2, 0) is 28.6 Å². The Morgan fingerprint density at radius 3 is 2.65 bits per heavy atom. The lowest BCUT2D eigenvalue weighted by Gasteiger charge is -2.26. The van der Waals surface area contributed by atoms with Crippen LogP contribution in [0.2, 0.25) is 0 Å². The number of carbonyl (C=O) groups excluding carboxylic acids is 1. The van der Waals surface area contributed by atoms with E-state index in [-0.39, 0.29) is 12.0 Å². The number of amides is 1. The Labute approximate surface area is 215 Å². The number of benzene rings is 1. The minimum Gasteiger partial charge on any atom is -0.481 e. The summed E-state index contributed by atoms with van der Waals surface area (Å²) in [6.45, 7) is 4.93. The molecule has 0 aliphatic carbocycles. The average molecular weight is 521 g/mol. The van der Waals surface area contributed by atoms with Crippen molar-refractivity contribution < 1.29 is 27.9 Å². The van der Waals surface area contributed by atoms with Gasteiger partial charge in [0.2, 0.25) is 6.41 Å². The van der Waals surface area contributed by atoms with Crippen molar-refractivity contribution in [3.63, 3.8) is 0 Å². The van der Waals surface area contributed by atoms with Gasteiger partial charge in [-0.2, -0.15) is 13.2 Å². The number of pyridine rings is 1. The van der Waals surface area contributed by atoms with Crippen LogP contribution in [-0.4, -0.2) is 53.5 Å². The number of carboxylic acid groups (broad SMARTS) is 1. The van der Waals surface area contributed by atoms with Gasteiger partial charge in [-0.25, -0.2) is 4.98 Å². The summed E-state index contributed by atoms with van der Waals surface area (Å²) in [5, 5.41) is 14.2. The molecule has 1 fully saturated rings. The number of carbonyl (C=O) groups is 2. The Balaban J connectivity index is 0.000000206. The number of hydrogen-bond donors (Lipinski definition) is 3. The standard InChI is InChI=1S/C16H25N3.C11H10F3NO3/c1-2-11-19(12-3-1)13-5-7-15-9-8-14-6-4-10-17-16(14)18-15;12-11(13,14)8-3-1-2-7(4-8)9(15-6-16)5-10(17)18/h8-9H,1-7,10-13H2,(H,17,18);1-4,6,9H,5H2,(H,15,16)(H,17,18). The molecule has 1 aromatic heterocycles. The van der Waals surface area contributed by atoms with E-state index in [1.54, 1.807) is 0 Å². The molecule has 2 aliphatic heterocycles. The van der Waals surface area contributed by atoms with E-state index in [9.17, 15) is 22.8 Å². The summed E-state index contributed by atoms with van der Waals surface area (Å²) in [5.74, 6) is -0.0755. The first kappa shape index (κ1) is 28.4. The summed E-state index contributed by atoms with van der Waals surface area (Å²) in [5.41, 5.74) is 1.86. The highest BCUT2D eigenvalue weighted by Gasteiger charge is 2.31. The highest BCUT2D eigenvalue weighted by atomic mass is 19.4. The predicted molar refractivity (Wildman–Crippen MR) is 135 cm³/mol. The van der Waals surface area contributed by atoms with Gasteiger partial charge in [0.15, 0.2) is 0 Å². The monoisotopic (exact) mass is 520 g/mol. The largest absolute Gasteiger partial charge is 0.481 e. The van der Waals surface area contributed by atoms with Gasteiger partial charge in [-0.1, -0.05) is 24.6 Å². The van der Waals surface area contributed by atoms with Gasteiger partial charge < -0.3 is 20.6 Å². The first-order valence-electron chi connectivity index (χ1n) is 12.8. The van der Waals surface area contributed by atoms with Gasteiger partial charge in [0.25, 0.3) is 0 Å². The maximum absolute atomic E-state index is 12.5. The maximum atomic E-state index is 12.5. The fourth-order valence-corrected chi connectivity index (χ4v) is 4.64. The molecule has 1 atom stereocenters. The van der Waals surface area contributed by atoms with Crippen LogP contribution in [0.3, 0.4) is 0 Å². The molecule has 0 saturated carbocycles. The molecular formula is C27H35F3N4O3. The van der Waals surface area contributed by atoms with Crippen LogP contribution in [0.5, 0.6) is 0 Å². The van der Waals surface area contributed by atoms with Gasteiger partial charge in [-0.3, -0.25) is 9.59 Å². The van der Waals surface area contributed by atoms with Crippen molar-refractivity contribution in [3.05, 3.63) is 58.8 Å². The van der Waals surface area contributed by atoms with Crippen molar-refractivity contribution in [2.45, 2.75) is 63.6 Å². The van der Waals surface area contributed by atoms with Crippen molar-refractivity contribution in [3.8, 4) is 0 Å². The van der Waals surface area contributed by atoms with E-state index in [4.69, 9.17) is 10.1 Å². The van der Waals surface area contributed by atoms with Crippen molar-refractivity contribution in [1.29, 1.82) is 0 Å². The summed E-state index contributed by atoms with van der Waals surface area (Å²) in [6, 6.07) is 7.71. The van der Waals surface area contributed by atoms with Gasteiger partial charge in [0.05, 0.1) is 18.0 Å². The molecule has 1 unspecified atom stereocenters. The number of alkyl halides is 3. The number of piperidine rings is 1. The molecular weight excluding hydrogens is 485 g/mol. The number of nitrogens with one attached hydrogen (secondary N) is 2. The summed E-state index contributed by atoms with van der Waals surface area (Å²) >= 11 is 0. The third-order valence-electron chi connectivity index (χ3n) is 6.57. The van der Waals surface area contributed by atoms with E-state index in [0.717, 1.165) is 30.9 Å². The zero-order valence-electron chi connectivity index (χ0n) is 20.9. The number of anilines is 1. The molecule has 3 heterocycles. The van der Waals surface area contributed by atoms with Crippen molar-refractivity contribution in [2.24, 2.45) is 0 Å². The molecule has 4 rings (SSSR count). The number of fused-ring (bicyclic) bond motifs is 1. The fourth-order valence-electron chi connectivity index (χ4n) is 4.64. The van der Waals surface area contributed by atoms with Gasteiger partial charge in [-0.15, -0.1) is 0 Å². The second kappa shape index (κ2) is 14.0. The van der Waals surface area contributed by atoms with Crippen molar-refractivity contribution in [2.75, 3.05) is 31.5 Å². The zero-order valence-corrected chi connectivity index (χ0v) is 20.9. The smallest absolute Gasteiger partial charge is 0.416 e. The lowest BCUT2D eigenvalue weighted by Crippen LogP contribution is -2.30. The van der Waals surface area contributed by atoms with Crippen molar-refractivity contribution in [1.82, 2.24) is 15.2 Å². The van der Waals surface area contributed by atoms with E-state index in [2.05, 4.69) is 27.7 Å². The summed E-state index contributed by atoms with van der Waals surface area (Å²) in [7, 11) is 0. The van der Waals surface area contributed by atoms with Crippen LogP contribution in [0, 0.1) is 0 Å². The van der Waals surface area contributed by atoms with Gasteiger partial charge in [0, 0.05) is 12.2 Å². The summed E-state index contributed by atoms with van der Waals surface area (Å²) in [6.07, 6.45) is 4.25. The van der Waals surface area contributed by atoms with Crippen molar-refractivity contribution >= 4 is 18.2 Å². The molecule has 0 spiro atoms. The Morgan fingerprint density at radius 1 is 1.16 bits per heavy atom. The topological polar surface area (TPSA) is 94.6 Å². The van der Waals surface area contributed by atoms with Crippen LogP contribution in [0.15, 0.2) is 36.4 Å². The molecule has 1 amide bonds. The van der Waals surface area contributed by atoms with Crippen LogP contribution in [0.25, 0.3) is 0 Å². The number of aliphatic carboxylic acids is 1. The van der Waals surface area contributed by atoms with Crippen LogP contribution < -0.4 is 10.6 Å². The molecule has 1 saturated heterocycles. The quantitative estimate of drug-likeness (QED) is 0.410. The Bertz CT molecular complexity index is 1030. The second-order valence-corrected chi connectivity index (χ2v) is 9.40. The van der Waals surface area contributed by atoms with Crippen LogP contribution in [0.4, 0.5) is 19.0 Å². The Kier molecular flexibility index (Phi) is 10.7. The first-order chi connectivity index (χ1) is 17.8. The number of aromatic nitrogens is 1. The highest BCUT2D eigenvalue weighted by Crippen LogP contribution is 2.31. The molecule has 0 radical (unpaired) electrons. The second-order valence-electron chi connectivity index (χ2n) is 9.40. The third-order valence-corrected chi connectivity index (χ3v) is 6.57. The van der Waals surface area contributed by atoms with Gasteiger partial charge in [0.1, 0.15) is 5.82 Å². The molecule has 3 N–H and O–H groups in total. The lowest BCUT2D eigenvalue weighted by atomic mass is 10.0. The number of carboxylic acids is 1. The third kappa shape index (κ3) is 9.35. The molecule has 1 aromatic carbocycles. The minimum atomic E-state index is -4.51. The summed E-state index contributed by atoms with van der Waals surface area (Å²) < 4.78 is 37.4. The van der Waals surface area contributed by atoms with E-state index < -0.39 is 30.2 Å². The van der Waals surface area contributed by atoms with Crippen LogP contribution >= 0.6 is 0 Å². The number of aryl methyl sites for hydroxylation is 2. The molecule has 10 heteroatoms. The predicted octanol–water partition coefficient (Wildman–Crippen LogP) is 4.83. The van der Waals surface area contributed by atoms with E-state index in [1.165, 1.54) is 81.5 Å². The number of halogens is 3. The fraction of sp³-hybridized carbons (Fsp3) is 0.519. The van der Waals surface area contributed by atoms with E-state index >= 15 is 0 Å². The number of nitrogens with zero attached hydrogens (tertiary/aromatic N) is 2. The molecule has 7 nitrogen and oxygen atoms in total. The number of rotatable bonds is 9.